The topological polar surface area (TPSA) is 95.9 Å². The molecule has 34 heavy (non-hydrogen) atoms. The number of benzene rings is 3. The first-order valence-electron chi connectivity index (χ1n) is 10.6. The van der Waals surface area contributed by atoms with Crippen molar-refractivity contribution in [3.05, 3.63) is 95.3 Å². The molecule has 0 aliphatic carbocycles. The van der Waals surface area contributed by atoms with Gasteiger partial charge in [-0.1, -0.05) is 48.0 Å². The van der Waals surface area contributed by atoms with Crippen molar-refractivity contribution in [2.75, 3.05) is 10.5 Å². The minimum absolute atomic E-state index is 0.0490. The Hall–Kier alpha value is -3.24. The highest BCUT2D eigenvalue weighted by Gasteiger charge is 2.37. The summed E-state index contributed by atoms with van der Waals surface area (Å²) >= 11 is 0. The van der Waals surface area contributed by atoms with Crippen molar-refractivity contribution >= 4 is 31.4 Å². The van der Waals surface area contributed by atoms with E-state index >= 15 is 0 Å². The number of rotatable bonds is 7. The molecule has 7 nitrogen and oxygen atoms in total. The van der Waals surface area contributed by atoms with Crippen LogP contribution in [0.15, 0.2) is 82.8 Å². The average molecular weight is 502 g/mol. The number of anilines is 1. The van der Waals surface area contributed by atoms with Crippen molar-refractivity contribution in [2.45, 2.75) is 31.2 Å². The van der Waals surface area contributed by atoms with Gasteiger partial charge < -0.3 is 0 Å². The lowest BCUT2D eigenvalue weighted by molar-refractivity contribution is 0.371. The maximum Gasteiger partial charge on any atom is 0.279 e. The van der Waals surface area contributed by atoms with Gasteiger partial charge >= 0.3 is 0 Å². The fraction of sp³-hybridized carbons (Fsp3) is 0.208. The van der Waals surface area contributed by atoms with E-state index in [0.29, 0.717) is 23.4 Å². The normalized spacial score (nSPS) is 16.4. The number of hydrogen-bond acceptors (Lipinski definition) is 5. The Morgan fingerprint density at radius 3 is 2.29 bits per heavy atom. The Bertz CT molecular complexity index is 1440. The van der Waals surface area contributed by atoms with E-state index in [1.165, 1.54) is 18.2 Å². The number of hydrazone groups is 1. The molecule has 4 rings (SSSR count). The number of nitrogens with one attached hydrogen (secondary N) is 1. The fourth-order valence-electron chi connectivity index (χ4n) is 3.64. The van der Waals surface area contributed by atoms with Gasteiger partial charge in [0.15, 0.2) is 0 Å². The SMILES string of the molecule is CCS(=O)(=O)Nc1ccc(C2=NN(S(=O)(=O)c3cccc(F)c3)C(c3ccc(C)cc3)C2)cc1. The number of sulfonamides is 2. The summed E-state index contributed by atoms with van der Waals surface area (Å²) in [4.78, 5) is -0.182. The highest BCUT2D eigenvalue weighted by atomic mass is 32.2. The number of halogens is 1. The Morgan fingerprint density at radius 2 is 1.68 bits per heavy atom. The van der Waals surface area contributed by atoms with Crippen molar-refractivity contribution in [2.24, 2.45) is 5.10 Å². The van der Waals surface area contributed by atoms with Crippen molar-refractivity contribution in [3.8, 4) is 0 Å². The third-order valence-corrected chi connectivity index (χ3v) is 8.53. The summed E-state index contributed by atoms with van der Waals surface area (Å²) in [6, 6.07) is 18.3. The lowest BCUT2D eigenvalue weighted by Gasteiger charge is -2.23. The van der Waals surface area contributed by atoms with E-state index in [2.05, 4.69) is 9.82 Å². The lowest BCUT2D eigenvalue weighted by atomic mass is 9.98. The Labute approximate surface area is 199 Å². The van der Waals surface area contributed by atoms with Gasteiger partial charge in [-0.3, -0.25) is 4.72 Å². The van der Waals surface area contributed by atoms with Crippen LogP contribution in [0.25, 0.3) is 0 Å². The molecule has 1 unspecified atom stereocenters. The molecule has 1 heterocycles. The molecule has 178 valence electrons. The summed E-state index contributed by atoms with van der Waals surface area (Å²) in [5, 5.41) is 4.44. The molecule has 0 saturated heterocycles. The van der Waals surface area contributed by atoms with Crippen molar-refractivity contribution < 1.29 is 21.2 Å². The summed E-state index contributed by atoms with van der Waals surface area (Å²) < 4.78 is 67.8. The molecule has 0 spiro atoms. The molecule has 1 N–H and O–H groups in total. The van der Waals surface area contributed by atoms with Gasteiger partial charge in [0.25, 0.3) is 10.0 Å². The summed E-state index contributed by atoms with van der Waals surface area (Å²) in [6.45, 7) is 3.48. The molecule has 1 atom stereocenters. The predicted molar refractivity (Wildman–Crippen MR) is 130 cm³/mol. The molecule has 10 heteroatoms. The minimum atomic E-state index is -4.13. The van der Waals surface area contributed by atoms with Gasteiger partial charge in [0, 0.05) is 12.1 Å². The summed E-state index contributed by atoms with van der Waals surface area (Å²) in [6.07, 6.45) is 0.303. The molecule has 3 aromatic carbocycles. The second kappa shape index (κ2) is 9.19. The van der Waals surface area contributed by atoms with Gasteiger partial charge in [0.2, 0.25) is 10.0 Å². The number of nitrogens with zero attached hydrogens (tertiary/aromatic N) is 2. The van der Waals surface area contributed by atoms with Crippen LogP contribution in [0.1, 0.15) is 36.1 Å². The van der Waals surface area contributed by atoms with Crippen molar-refractivity contribution in [1.29, 1.82) is 0 Å². The van der Waals surface area contributed by atoms with Gasteiger partial charge in [-0.2, -0.15) is 17.9 Å². The Kier molecular flexibility index (Phi) is 6.46. The van der Waals surface area contributed by atoms with E-state index in [0.717, 1.165) is 21.6 Å². The van der Waals surface area contributed by atoms with Crippen LogP contribution in [0.5, 0.6) is 0 Å². The van der Waals surface area contributed by atoms with E-state index < -0.39 is 31.9 Å². The average Bonchev–Trinajstić information content (AvgIpc) is 3.26. The second-order valence-electron chi connectivity index (χ2n) is 8.00. The van der Waals surface area contributed by atoms with Crippen LogP contribution in [0.2, 0.25) is 0 Å². The summed E-state index contributed by atoms with van der Waals surface area (Å²) in [5.74, 6) is -0.700. The minimum Gasteiger partial charge on any atom is -0.284 e. The van der Waals surface area contributed by atoms with Crippen LogP contribution in [0.3, 0.4) is 0 Å². The van der Waals surface area contributed by atoms with Crippen LogP contribution in [0.4, 0.5) is 10.1 Å². The largest absolute Gasteiger partial charge is 0.284 e. The first-order chi connectivity index (χ1) is 16.1. The second-order valence-corrected chi connectivity index (χ2v) is 11.8. The molecule has 3 aromatic rings. The standard InChI is InChI=1S/C24H24FN3O4S2/c1-3-33(29,30)27-21-13-11-18(12-14-21)23-16-24(19-9-7-17(2)8-10-19)28(26-23)34(31,32)22-6-4-5-20(25)15-22/h4-15,24,27H,3,16H2,1-2H3. The molecular weight excluding hydrogens is 477 g/mol. The molecular formula is C24H24FN3O4S2. The third kappa shape index (κ3) is 4.97. The fourth-order valence-corrected chi connectivity index (χ4v) is 5.74. The zero-order valence-corrected chi connectivity index (χ0v) is 20.3. The van der Waals surface area contributed by atoms with Gasteiger partial charge in [-0.25, -0.2) is 12.8 Å². The van der Waals surface area contributed by atoms with Gasteiger partial charge in [-0.05, 0) is 55.3 Å². The Balaban J connectivity index is 1.72. The smallest absolute Gasteiger partial charge is 0.279 e. The van der Waals surface area contributed by atoms with Gasteiger partial charge in [-0.15, -0.1) is 0 Å². The lowest BCUT2D eigenvalue weighted by Crippen LogP contribution is -2.27. The van der Waals surface area contributed by atoms with E-state index in [4.69, 9.17) is 0 Å². The van der Waals surface area contributed by atoms with Gasteiger partial charge in [0.05, 0.1) is 22.4 Å². The molecule has 0 aromatic heterocycles. The monoisotopic (exact) mass is 501 g/mol. The highest BCUT2D eigenvalue weighted by molar-refractivity contribution is 7.92. The maximum absolute atomic E-state index is 13.8. The zero-order valence-electron chi connectivity index (χ0n) is 18.6. The molecule has 0 bridgehead atoms. The van der Waals surface area contributed by atoms with E-state index in [-0.39, 0.29) is 10.6 Å². The van der Waals surface area contributed by atoms with Crippen LogP contribution in [0, 0.1) is 12.7 Å². The highest BCUT2D eigenvalue weighted by Crippen LogP contribution is 2.37. The van der Waals surface area contributed by atoms with Crippen LogP contribution >= 0.6 is 0 Å². The van der Waals surface area contributed by atoms with Crippen LogP contribution in [-0.2, 0) is 20.0 Å². The Morgan fingerprint density at radius 1 is 1.00 bits per heavy atom. The molecule has 0 amide bonds. The van der Waals surface area contributed by atoms with Crippen molar-refractivity contribution in [3.63, 3.8) is 0 Å². The zero-order chi connectivity index (χ0) is 24.5. The van der Waals surface area contributed by atoms with Crippen molar-refractivity contribution in [1.82, 2.24) is 4.41 Å². The quantitative estimate of drug-likeness (QED) is 0.518. The van der Waals surface area contributed by atoms with E-state index in [1.54, 1.807) is 31.2 Å². The molecule has 0 radical (unpaired) electrons. The third-order valence-electron chi connectivity index (χ3n) is 5.55. The van der Waals surface area contributed by atoms with Gasteiger partial charge in [0.1, 0.15) is 5.82 Å². The summed E-state index contributed by atoms with van der Waals surface area (Å²) in [5.41, 5.74) is 3.39. The number of aryl methyl sites for hydroxylation is 1. The predicted octanol–water partition coefficient (Wildman–Crippen LogP) is 4.44. The van der Waals surface area contributed by atoms with Crippen LogP contribution in [-0.4, -0.2) is 32.7 Å². The van der Waals surface area contributed by atoms with Crippen LogP contribution < -0.4 is 4.72 Å². The first-order valence-corrected chi connectivity index (χ1v) is 13.7. The molecule has 1 aliphatic heterocycles. The van der Waals surface area contributed by atoms with E-state index in [1.807, 2.05) is 31.2 Å². The summed E-state index contributed by atoms with van der Waals surface area (Å²) in [7, 11) is -7.54. The first kappa shape index (κ1) is 23.9. The molecule has 1 aliphatic rings. The maximum atomic E-state index is 13.8. The number of hydrogen-bond donors (Lipinski definition) is 1. The van der Waals surface area contributed by atoms with E-state index in [9.17, 15) is 21.2 Å². The molecule has 0 fully saturated rings. The molecule has 0 saturated carbocycles.